The Morgan fingerprint density at radius 3 is 2.26 bits per heavy atom. The van der Waals surface area contributed by atoms with Crippen molar-refractivity contribution in [2.75, 3.05) is 34.5 Å². The molecule has 0 bridgehead atoms. The normalized spacial score (nSPS) is 18.0. The van der Waals surface area contributed by atoms with Crippen molar-refractivity contribution in [3.8, 4) is 17.2 Å². The van der Waals surface area contributed by atoms with E-state index in [0.29, 0.717) is 35.8 Å². The highest BCUT2D eigenvalue weighted by Gasteiger charge is 2.36. The number of benzene rings is 1. The van der Waals surface area contributed by atoms with Crippen LogP contribution in [-0.4, -0.2) is 74.3 Å². The van der Waals surface area contributed by atoms with E-state index in [0.717, 1.165) is 12.8 Å². The molecule has 10 heteroatoms. The minimum atomic E-state index is -1.20. The molecule has 0 aromatic heterocycles. The van der Waals surface area contributed by atoms with Crippen molar-refractivity contribution in [3.05, 3.63) is 17.7 Å². The zero-order chi connectivity index (χ0) is 23.1. The molecular weight excluding hydrogens is 406 g/mol. The maximum Gasteiger partial charge on any atom is 0.243 e. The minimum absolute atomic E-state index is 0.242. The van der Waals surface area contributed by atoms with E-state index in [4.69, 9.17) is 19.9 Å². The van der Waals surface area contributed by atoms with Gasteiger partial charge in [0.25, 0.3) is 0 Å². The molecule has 1 aliphatic heterocycles. The molecule has 3 amide bonds. The number of ether oxygens (including phenoxy) is 3. The van der Waals surface area contributed by atoms with E-state index in [9.17, 15) is 19.5 Å². The first-order chi connectivity index (χ1) is 14.8. The number of carbonyl (C=O) groups is 3. The van der Waals surface area contributed by atoms with Crippen molar-refractivity contribution < 1.29 is 33.7 Å². The number of likely N-dealkylation sites (tertiary alicyclic amines) is 1. The molecule has 1 aliphatic rings. The zero-order valence-corrected chi connectivity index (χ0v) is 18.3. The maximum absolute atomic E-state index is 13.3. The smallest absolute Gasteiger partial charge is 0.243 e. The van der Waals surface area contributed by atoms with Gasteiger partial charge in [-0.15, -0.1) is 0 Å². The van der Waals surface area contributed by atoms with E-state index < -0.39 is 36.4 Å². The van der Waals surface area contributed by atoms with Gasteiger partial charge in [-0.1, -0.05) is 0 Å². The van der Waals surface area contributed by atoms with Gasteiger partial charge >= 0.3 is 0 Å². The van der Waals surface area contributed by atoms with E-state index >= 15 is 0 Å². The number of rotatable bonds is 9. The summed E-state index contributed by atoms with van der Waals surface area (Å²) >= 11 is 0. The van der Waals surface area contributed by atoms with Crippen LogP contribution in [0.15, 0.2) is 12.1 Å². The highest BCUT2D eigenvalue weighted by atomic mass is 16.5. The Bertz CT molecular complexity index is 789. The largest absolute Gasteiger partial charge is 0.493 e. The molecule has 0 radical (unpaired) electrons. The van der Waals surface area contributed by atoms with Gasteiger partial charge in [0.15, 0.2) is 11.5 Å². The average molecular weight is 437 g/mol. The third kappa shape index (κ3) is 5.38. The van der Waals surface area contributed by atoms with Crippen molar-refractivity contribution in [3.63, 3.8) is 0 Å². The summed E-state index contributed by atoms with van der Waals surface area (Å²) in [7, 11) is 4.49. The monoisotopic (exact) mass is 437 g/mol. The molecule has 10 nitrogen and oxygen atoms in total. The number of nitrogens with one attached hydrogen (secondary N) is 1. The summed E-state index contributed by atoms with van der Waals surface area (Å²) in [5, 5.41) is 11.7. The van der Waals surface area contributed by atoms with Crippen LogP contribution in [0.2, 0.25) is 0 Å². The van der Waals surface area contributed by atoms with Gasteiger partial charge in [0.1, 0.15) is 12.1 Å². The summed E-state index contributed by atoms with van der Waals surface area (Å²) in [6.07, 6.45) is 1.98. The highest BCUT2D eigenvalue weighted by molar-refractivity contribution is 5.93. The Balaban J connectivity index is 2.28. The van der Waals surface area contributed by atoms with Crippen LogP contribution in [-0.2, 0) is 14.4 Å². The van der Waals surface area contributed by atoms with Crippen molar-refractivity contribution in [2.24, 2.45) is 5.73 Å². The molecule has 1 aromatic rings. The topological polar surface area (TPSA) is 140 Å². The summed E-state index contributed by atoms with van der Waals surface area (Å²) in [5.41, 5.74) is 5.84. The number of carbonyl (C=O) groups excluding carboxylic acids is 3. The Morgan fingerprint density at radius 2 is 1.77 bits per heavy atom. The molecule has 1 fully saturated rings. The van der Waals surface area contributed by atoms with Crippen molar-refractivity contribution in [1.82, 2.24) is 10.2 Å². The van der Waals surface area contributed by atoms with E-state index in [1.165, 1.54) is 26.2 Å². The summed E-state index contributed by atoms with van der Waals surface area (Å²) in [6, 6.07) is 1.47. The predicted octanol–water partition coefficient (Wildman–Crippen LogP) is 0.159. The molecule has 4 N–H and O–H groups in total. The number of nitrogens with two attached hydrogens (primary N) is 1. The molecule has 1 aromatic carbocycles. The number of nitrogens with zero attached hydrogens (tertiary/aromatic N) is 1. The summed E-state index contributed by atoms with van der Waals surface area (Å²) in [5.74, 6) is -0.905. The summed E-state index contributed by atoms with van der Waals surface area (Å²) in [6.45, 7) is 1.54. The lowest BCUT2D eigenvalue weighted by Gasteiger charge is -2.37. The minimum Gasteiger partial charge on any atom is -0.493 e. The van der Waals surface area contributed by atoms with Gasteiger partial charge in [-0.05, 0) is 43.9 Å². The Kier molecular flexibility index (Phi) is 8.49. The first kappa shape index (κ1) is 24.3. The SMILES string of the molecule is COc1cc([C@H](C)C(=O)N2CCCC[C@H]2C(=O)N[C@H](CO)C(N)=O)cc(OC)c1OC. The van der Waals surface area contributed by atoms with Crippen LogP contribution in [0.5, 0.6) is 17.2 Å². The second kappa shape index (κ2) is 10.9. The maximum atomic E-state index is 13.3. The van der Waals surface area contributed by atoms with Crippen molar-refractivity contribution in [1.29, 1.82) is 0 Å². The second-order valence-electron chi connectivity index (χ2n) is 7.37. The molecular formula is C21H31N3O7. The van der Waals surface area contributed by atoms with Gasteiger partial charge < -0.3 is 35.3 Å². The Hall–Kier alpha value is -3.01. The van der Waals surface area contributed by atoms with E-state index in [1.807, 2.05) is 0 Å². The molecule has 0 saturated carbocycles. The highest BCUT2D eigenvalue weighted by Crippen LogP contribution is 2.40. The third-order valence-electron chi connectivity index (χ3n) is 5.49. The molecule has 0 spiro atoms. The number of methoxy groups -OCH3 is 3. The lowest BCUT2D eigenvalue weighted by Crippen LogP contribution is -2.57. The lowest BCUT2D eigenvalue weighted by molar-refractivity contribution is -0.144. The first-order valence-electron chi connectivity index (χ1n) is 10.1. The number of hydrogen-bond acceptors (Lipinski definition) is 7. The third-order valence-corrected chi connectivity index (χ3v) is 5.49. The van der Waals surface area contributed by atoms with Crippen LogP contribution in [0.4, 0.5) is 0 Å². The Morgan fingerprint density at radius 1 is 1.16 bits per heavy atom. The fourth-order valence-electron chi connectivity index (χ4n) is 3.69. The van der Waals surface area contributed by atoms with E-state index in [-0.39, 0.29) is 5.91 Å². The van der Waals surface area contributed by atoms with E-state index in [1.54, 1.807) is 19.1 Å². The van der Waals surface area contributed by atoms with Gasteiger partial charge in [-0.2, -0.15) is 0 Å². The van der Waals surface area contributed by atoms with Crippen LogP contribution in [0.25, 0.3) is 0 Å². The molecule has 0 unspecified atom stereocenters. The number of aliphatic hydroxyl groups excluding tert-OH is 1. The number of aliphatic hydroxyl groups is 1. The lowest BCUT2D eigenvalue weighted by atomic mass is 9.94. The van der Waals surface area contributed by atoms with Gasteiger partial charge in [0.2, 0.25) is 23.5 Å². The number of piperidine rings is 1. The van der Waals surface area contributed by atoms with Crippen molar-refractivity contribution >= 4 is 17.7 Å². The van der Waals surface area contributed by atoms with Gasteiger partial charge in [-0.25, -0.2) is 0 Å². The predicted molar refractivity (Wildman–Crippen MR) is 112 cm³/mol. The van der Waals surface area contributed by atoms with E-state index in [2.05, 4.69) is 5.32 Å². The van der Waals surface area contributed by atoms with Crippen LogP contribution in [0.1, 0.15) is 37.7 Å². The molecule has 1 saturated heterocycles. The molecule has 31 heavy (non-hydrogen) atoms. The average Bonchev–Trinajstić information content (AvgIpc) is 2.79. The van der Waals surface area contributed by atoms with Gasteiger partial charge in [0, 0.05) is 6.54 Å². The fourth-order valence-corrected chi connectivity index (χ4v) is 3.69. The van der Waals surface area contributed by atoms with Crippen LogP contribution in [0.3, 0.4) is 0 Å². The zero-order valence-electron chi connectivity index (χ0n) is 18.3. The molecule has 1 heterocycles. The molecule has 2 rings (SSSR count). The molecule has 172 valence electrons. The molecule has 0 aliphatic carbocycles. The number of primary amides is 1. The number of amides is 3. The van der Waals surface area contributed by atoms with Crippen LogP contribution >= 0.6 is 0 Å². The van der Waals surface area contributed by atoms with Gasteiger partial charge in [0.05, 0.1) is 33.9 Å². The number of hydrogen-bond donors (Lipinski definition) is 3. The fraction of sp³-hybridized carbons (Fsp3) is 0.571. The van der Waals surface area contributed by atoms with Gasteiger partial charge in [-0.3, -0.25) is 14.4 Å². The summed E-state index contributed by atoms with van der Waals surface area (Å²) < 4.78 is 16.1. The first-order valence-corrected chi connectivity index (χ1v) is 10.1. The summed E-state index contributed by atoms with van der Waals surface area (Å²) in [4.78, 5) is 39.0. The quantitative estimate of drug-likeness (QED) is 0.500. The van der Waals surface area contributed by atoms with Crippen LogP contribution in [0, 0.1) is 0 Å². The Labute approximate surface area is 181 Å². The standard InChI is InChI=1S/C21H31N3O7/c1-12(13-9-16(29-2)18(31-4)17(10-13)30-3)21(28)24-8-6-5-7-15(24)20(27)23-14(11-25)19(22)26/h9-10,12,14-15,25H,5-8,11H2,1-4H3,(H2,22,26)(H,23,27)/t12-,14+,15-/m0/s1. The molecule has 3 atom stereocenters. The van der Waals surface area contributed by atoms with Crippen LogP contribution < -0.4 is 25.3 Å². The second-order valence-corrected chi connectivity index (χ2v) is 7.37. The van der Waals surface area contributed by atoms with Crippen molar-refractivity contribution in [2.45, 2.75) is 44.2 Å².